The number of nitrogens with zero attached hydrogens (tertiary/aromatic N) is 10. The third kappa shape index (κ3) is 15.4. The van der Waals surface area contributed by atoms with E-state index in [2.05, 4.69) is 40.7 Å². The zero-order valence-corrected chi connectivity index (χ0v) is 53.1. The number of aliphatic hydroxyl groups excluding tert-OH is 2. The lowest BCUT2D eigenvalue weighted by molar-refractivity contribution is 0.00578. The predicted octanol–water partition coefficient (Wildman–Crippen LogP) is 10.6. The number of pyridine rings is 4. The molecule has 24 heteroatoms. The van der Waals surface area contributed by atoms with Crippen molar-refractivity contribution >= 4 is 66.5 Å². The fourth-order valence-corrected chi connectivity index (χ4v) is 13.5. The third-order valence-corrected chi connectivity index (χ3v) is 19.0. The molecule has 2 atom stereocenters. The first-order valence-corrected chi connectivity index (χ1v) is 32.2. The Morgan fingerprint density at radius 1 is 0.568 bits per heavy atom. The van der Waals surface area contributed by atoms with Crippen LogP contribution in [0.4, 0.5) is 11.6 Å². The van der Waals surface area contributed by atoms with Gasteiger partial charge in [-0.3, -0.25) is 19.9 Å². The van der Waals surface area contributed by atoms with Gasteiger partial charge in [-0.1, -0.05) is 114 Å². The first-order valence-electron chi connectivity index (χ1n) is 28.5. The summed E-state index contributed by atoms with van der Waals surface area (Å²) in [5, 5.41) is 35.7. The Kier molecular flexibility index (Phi) is 19.3. The smallest absolute Gasteiger partial charge is 0.399 e. The number of anilines is 2. The summed E-state index contributed by atoms with van der Waals surface area (Å²) in [6.07, 6.45) is 12.9. The average molecular weight is 1250 g/mol. The second-order valence-corrected chi connectivity index (χ2v) is 29.0. The fourth-order valence-electron chi connectivity index (χ4n) is 9.70. The molecule has 4 N–H and O–H groups in total. The van der Waals surface area contributed by atoms with E-state index in [0.29, 0.717) is 39.7 Å². The Labute approximate surface area is 518 Å². The first kappa shape index (κ1) is 64.4. The van der Waals surface area contributed by atoms with Gasteiger partial charge >= 0.3 is 7.12 Å². The molecule has 458 valence electrons. The van der Waals surface area contributed by atoms with Crippen molar-refractivity contribution in [2.45, 2.75) is 102 Å². The van der Waals surface area contributed by atoms with Gasteiger partial charge < -0.3 is 30.2 Å². The maximum atomic E-state index is 13.1. The molecule has 88 heavy (non-hydrogen) atoms. The van der Waals surface area contributed by atoms with Gasteiger partial charge in [-0.05, 0) is 110 Å². The molecule has 11 rings (SSSR count). The van der Waals surface area contributed by atoms with E-state index >= 15 is 0 Å². The van der Waals surface area contributed by atoms with Crippen molar-refractivity contribution in [1.82, 2.24) is 49.1 Å². The molecule has 0 amide bonds. The molecule has 10 aromatic rings. The minimum absolute atomic E-state index is 0.0158. The summed E-state index contributed by atoms with van der Waals surface area (Å²) >= 11 is 6.09. The second-order valence-electron chi connectivity index (χ2n) is 24.6. The van der Waals surface area contributed by atoms with Crippen LogP contribution in [0.2, 0.25) is 5.28 Å². The van der Waals surface area contributed by atoms with E-state index in [9.17, 15) is 27.0 Å². The molecule has 1 saturated heterocycles. The highest BCUT2D eigenvalue weighted by atomic mass is 35.5. The maximum Gasteiger partial charge on any atom is 0.496 e. The van der Waals surface area contributed by atoms with E-state index in [1.165, 1.54) is 12.4 Å². The van der Waals surface area contributed by atoms with Crippen LogP contribution in [-0.4, -0.2) is 119 Å². The van der Waals surface area contributed by atoms with E-state index in [1.807, 2.05) is 191 Å². The highest BCUT2D eigenvalue weighted by molar-refractivity contribution is 7.91. The molecule has 20 nitrogen and oxygen atoms in total. The van der Waals surface area contributed by atoms with Gasteiger partial charge in [0.25, 0.3) is 0 Å². The summed E-state index contributed by atoms with van der Waals surface area (Å²) in [4.78, 5) is 26.5. The normalized spacial score (nSPS) is 14.8. The number of hydrogen-bond acceptors (Lipinski definition) is 18. The largest absolute Gasteiger partial charge is 0.496 e. The van der Waals surface area contributed by atoms with E-state index in [0.717, 1.165) is 33.5 Å². The molecule has 0 radical (unpaired) electrons. The van der Waals surface area contributed by atoms with Gasteiger partial charge in [-0.25, -0.2) is 30.9 Å². The van der Waals surface area contributed by atoms with E-state index < -0.39 is 55.5 Å². The third-order valence-electron chi connectivity index (χ3n) is 14.4. The van der Waals surface area contributed by atoms with Gasteiger partial charge in [0.2, 0.25) is 5.28 Å². The van der Waals surface area contributed by atoms with Crippen LogP contribution in [0.5, 0.6) is 0 Å². The van der Waals surface area contributed by atoms with Crippen LogP contribution in [0.3, 0.4) is 0 Å². The lowest BCUT2D eigenvalue weighted by Gasteiger charge is -2.32. The summed E-state index contributed by atoms with van der Waals surface area (Å²) in [6, 6.07) is 37.0. The molecule has 0 saturated carbocycles. The number of fused-ring (bicyclic) bond motifs is 2. The monoisotopic (exact) mass is 1250 g/mol. The number of halogens is 1. The van der Waals surface area contributed by atoms with Crippen LogP contribution < -0.4 is 16.1 Å². The summed E-state index contributed by atoms with van der Waals surface area (Å²) in [5.41, 5.74) is 6.18. The van der Waals surface area contributed by atoms with Gasteiger partial charge in [0.1, 0.15) is 11.0 Å². The Hall–Kier alpha value is -8.03. The Balaban J connectivity index is 0.000000165. The molecule has 8 aromatic heterocycles. The van der Waals surface area contributed by atoms with Gasteiger partial charge in [-0.15, -0.1) is 10.2 Å². The molecule has 0 bridgehead atoms. The first-order chi connectivity index (χ1) is 41.6. The van der Waals surface area contributed by atoms with Crippen LogP contribution in [0.15, 0.2) is 181 Å². The Morgan fingerprint density at radius 3 is 1.47 bits per heavy atom. The Bertz CT molecular complexity index is 4230. The van der Waals surface area contributed by atoms with Crippen LogP contribution in [0, 0.1) is 10.8 Å². The van der Waals surface area contributed by atoms with Gasteiger partial charge in [-0.2, -0.15) is 4.98 Å². The molecular formula is C64H72BClN12O8S2. The summed E-state index contributed by atoms with van der Waals surface area (Å²) in [6.45, 7) is 18.8. The number of rotatable bonds is 16. The minimum Gasteiger partial charge on any atom is -0.399 e. The number of aromatic nitrogens is 10. The number of hydrogen-bond donors (Lipinski definition) is 4. The van der Waals surface area contributed by atoms with E-state index in [4.69, 9.17) is 31.0 Å². The molecule has 0 aliphatic carbocycles. The number of aliphatic hydroxyl groups is 2. The zero-order valence-electron chi connectivity index (χ0n) is 50.7. The SMILES string of the molecule is CC(C)(C)CS(=O)(=O)c1cncc(-c2nc(NC(CO)c3ccccn3)c3c(-c4ccccc4)ccn3n2)c1.CC(C)(C)CS(=O)(=O)c1cncc(B2OC(C)(C)C(C)(C)O2)c1.OCC(Nc1nc(Cl)nn2ccc(-c3ccccc3)c12)c1ccccn1. The van der Waals surface area contributed by atoms with Crippen LogP contribution in [0.25, 0.3) is 44.7 Å². The van der Waals surface area contributed by atoms with Crippen molar-refractivity contribution in [3.05, 3.63) is 188 Å². The lowest BCUT2D eigenvalue weighted by atomic mass is 9.80. The quantitative estimate of drug-likeness (QED) is 0.0655. The summed E-state index contributed by atoms with van der Waals surface area (Å²) in [7, 11) is -7.59. The fraction of sp³-hybridized carbons (Fsp3) is 0.312. The summed E-state index contributed by atoms with van der Waals surface area (Å²) < 4.78 is 66.6. The van der Waals surface area contributed by atoms with E-state index in [1.54, 1.807) is 46.0 Å². The van der Waals surface area contributed by atoms with Crippen LogP contribution >= 0.6 is 11.6 Å². The van der Waals surface area contributed by atoms with Crippen molar-refractivity contribution in [2.24, 2.45) is 10.8 Å². The number of benzene rings is 2. The lowest BCUT2D eigenvalue weighted by Crippen LogP contribution is -2.41. The molecule has 1 aliphatic heterocycles. The number of sulfone groups is 2. The molecule has 0 spiro atoms. The van der Waals surface area contributed by atoms with Crippen LogP contribution in [0.1, 0.15) is 92.7 Å². The van der Waals surface area contributed by atoms with Crippen molar-refractivity contribution in [1.29, 1.82) is 0 Å². The second kappa shape index (κ2) is 26.4. The molecule has 2 unspecified atom stereocenters. The summed E-state index contributed by atoms with van der Waals surface area (Å²) in [5.74, 6) is 1.35. The molecule has 9 heterocycles. The average Bonchev–Trinajstić information content (AvgIpc) is 1.99. The van der Waals surface area contributed by atoms with Gasteiger partial charge in [0, 0.05) is 71.7 Å². The van der Waals surface area contributed by atoms with E-state index in [-0.39, 0.29) is 45.2 Å². The standard InChI is InChI=1S/C29H30N6O3S.C19H16ClN5O.C16H26BNO4S/c1-29(2,3)19-39(37,38)22-15-21(16-30-17-22)27-33-28(32-25(18-36)24-11-7-8-13-31-24)26-23(12-14-35(26)34-27)20-9-5-4-6-10-20;20-19-23-18(22-16(12-26)15-8-4-5-10-21-15)17-14(9-11-25(17)24-19)13-6-2-1-3-7-13;1-14(2,3)11-23(19,20)13-8-12(9-18-10-13)17-21-15(4,5)16(6,7)22-17/h4-17,25,36H,18-19H2,1-3H3,(H,32,33,34);1-11,16,26H,12H2,(H,22,23,24);8-10H,11H2,1-7H3. The molecule has 2 aromatic carbocycles. The van der Waals surface area contributed by atoms with Gasteiger partial charge in [0.15, 0.2) is 37.1 Å². The van der Waals surface area contributed by atoms with Crippen molar-refractivity contribution in [2.75, 3.05) is 35.4 Å². The Morgan fingerprint density at radius 2 is 1.01 bits per heavy atom. The van der Waals surface area contributed by atoms with Crippen LogP contribution in [-0.2, 0) is 29.0 Å². The highest BCUT2D eigenvalue weighted by Gasteiger charge is 2.52. The van der Waals surface area contributed by atoms with Crippen molar-refractivity contribution in [3.63, 3.8) is 0 Å². The van der Waals surface area contributed by atoms with Gasteiger partial charge in [0.05, 0.1) is 69.2 Å². The highest BCUT2D eigenvalue weighted by Crippen LogP contribution is 2.38. The van der Waals surface area contributed by atoms with Crippen molar-refractivity contribution in [3.8, 4) is 33.6 Å². The van der Waals surface area contributed by atoms with Crippen molar-refractivity contribution < 1.29 is 36.4 Å². The minimum atomic E-state index is -3.57. The molecular weight excluding hydrogens is 1180 g/mol. The maximum absolute atomic E-state index is 13.1. The zero-order chi connectivity index (χ0) is 63.2. The topological polar surface area (TPSA) is 263 Å². The predicted molar refractivity (Wildman–Crippen MR) is 343 cm³/mol. The molecule has 1 fully saturated rings. The molecule has 1 aliphatic rings. The number of nitrogens with one attached hydrogen (secondary N) is 2.